The average Bonchev–Trinajstić information content (AvgIpc) is 2.77. The lowest BCUT2D eigenvalue weighted by molar-refractivity contribution is 0.0569. The zero-order chi connectivity index (χ0) is 12.3. The van der Waals surface area contributed by atoms with Gasteiger partial charge in [0, 0.05) is 6.54 Å². The van der Waals surface area contributed by atoms with Crippen molar-refractivity contribution >= 4 is 0 Å². The van der Waals surface area contributed by atoms with Crippen LogP contribution in [0, 0.1) is 11.3 Å². The highest BCUT2D eigenvalue weighted by Gasteiger charge is 2.33. The summed E-state index contributed by atoms with van der Waals surface area (Å²) in [4.78, 5) is 2.60. The summed E-state index contributed by atoms with van der Waals surface area (Å²) in [6.45, 7) is 8.35. The fraction of sp³-hybridized carbons (Fsp3) is 1.00. The topological polar surface area (TPSA) is 23.5 Å². The highest BCUT2D eigenvalue weighted by molar-refractivity contribution is 4.86. The summed E-state index contributed by atoms with van der Waals surface area (Å²) in [6.07, 6.45) is 8.89. The first-order valence-corrected chi connectivity index (χ1v) is 7.59. The minimum absolute atomic E-state index is 0.0148. The van der Waals surface area contributed by atoms with Gasteiger partial charge in [-0.05, 0) is 50.1 Å². The van der Waals surface area contributed by atoms with Crippen LogP contribution in [0.5, 0.6) is 0 Å². The molecule has 1 aliphatic carbocycles. The molecule has 0 spiro atoms. The molecule has 2 atom stereocenters. The Labute approximate surface area is 106 Å². The van der Waals surface area contributed by atoms with Crippen molar-refractivity contribution in [2.45, 2.75) is 64.9 Å². The molecule has 2 fully saturated rings. The summed E-state index contributed by atoms with van der Waals surface area (Å²) in [5.41, 5.74) is 0.630. The Morgan fingerprint density at radius 1 is 1.12 bits per heavy atom. The van der Waals surface area contributed by atoms with Crippen LogP contribution in [-0.2, 0) is 0 Å². The molecule has 0 amide bonds. The van der Waals surface area contributed by atoms with Crippen LogP contribution < -0.4 is 0 Å². The van der Waals surface area contributed by atoms with Crippen LogP contribution in [0.15, 0.2) is 0 Å². The number of piperidine rings is 1. The number of aliphatic hydroxyl groups is 1. The minimum atomic E-state index is -0.0148. The van der Waals surface area contributed by atoms with Gasteiger partial charge in [-0.2, -0.15) is 0 Å². The summed E-state index contributed by atoms with van der Waals surface area (Å²) < 4.78 is 0. The normalized spacial score (nSPS) is 34.1. The average molecular weight is 239 g/mol. The van der Waals surface area contributed by atoms with Gasteiger partial charge in [-0.3, -0.25) is 0 Å². The first kappa shape index (κ1) is 13.4. The van der Waals surface area contributed by atoms with Crippen LogP contribution in [0.2, 0.25) is 0 Å². The molecular weight excluding hydrogens is 210 g/mol. The summed E-state index contributed by atoms with van der Waals surface area (Å²) in [5.74, 6) is 0.561. The minimum Gasteiger partial charge on any atom is -0.393 e. The van der Waals surface area contributed by atoms with E-state index in [4.69, 9.17) is 0 Å². The third kappa shape index (κ3) is 3.03. The Bertz CT molecular complexity index is 227. The fourth-order valence-electron chi connectivity index (χ4n) is 3.73. The SMILES string of the molecule is CCC1(CC)CCN(CC2CCCC2O)CC1. The highest BCUT2D eigenvalue weighted by atomic mass is 16.3. The van der Waals surface area contributed by atoms with E-state index < -0.39 is 0 Å². The van der Waals surface area contributed by atoms with E-state index in [2.05, 4.69) is 18.7 Å². The maximum absolute atomic E-state index is 9.89. The van der Waals surface area contributed by atoms with Crippen molar-refractivity contribution in [2.24, 2.45) is 11.3 Å². The van der Waals surface area contributed by atoms with E-state index in [1.165, 1.54) is 51.6 Å². The summed E-state index contributed by atoms with van der Waals surface area (Å²) in [7, 11) is 0. The van der Waals surface area contributed by atoms with Gasteiger partial charge in [0.1, 0.15) is 0 Å². The molecule has 1 saturated heterocycles. The van der Waals surface area contributed by atoms with Crippen LogP contribution in [0.25, 0.3) is 0 Å². The fourth-order valence-corrected chi connectivity index (χ4v) is 3.73. The van der Waals surface area contributed by atoms with Crippen molar-refractivity contribution in [3.63, 3.8) is 0 Å². The second kappa shape index (κ2) is 5.71. The van der Waals surface area contributed by atoms with Gasteiger partial charge < -0.3 is 10.0 Å². The van der Waals surface area contributed by atoms with E-state index in [-0.39, 0.29) is 6.10 Å². The number of aliphatic hydroxyl groups excluding tert-OH is 1. The van der Waals surface area contributed by atoms with E-state index in [0.717, 1.165) is 13.0 Å². The molecule has 2 heteroatoms. The van der Waals surface area contributed by atoms with Crippen LogP contribution in [0.1, 0.15) is 58.8 Å². The Morgan fingerprint density at radius 2 is 1.76 bits per heavy atom. The largest absolute Gasteiger partial charge is 0.393 e. The van der Waals surface area contributed by atoms with Crippen molar-refractivity contribution in [1.82, 2.24) is 4.90 Å². The van der Waals surface area contributed by atoms with Crippen LogP contribution in [0.4, 0.5) is 0 Å². The zero-order valence-electron chi connectivity index (χ0n) is 11.6. The first-order chi connectivity index (χ1) is 8.19. The van der Waals surface area contributed by atoms with Gasteiger partial charge in [-0.15, -0.1) is 0 Å². The van der Waals surface area contributed by atoms with Crippen LogP contribution >= 0.6 is 0 Å². The van der Waals surface area contributed by atoms with Crippen molar-refractivity contribution < 1.29 is 5.11 Å². The number of likely N-dealkylation sites (tertiary alicyclic amines) is 1. The lowest BCUT2D eigenvalue weighted by atomic mass is 9.74. The molecule has 2 nitrogen and oxygen atoms in total. The summed E-state index contributed by atoms with van der Waals surface area (Å²) in [6, 6.07) is 0. The molecule has 0 radical (unpaired) electrons. The molecule has 1 saturated carbocycles. The lowest BCUT2D eigenvalue weighted by Gasteiger charge is -2.42. The maximum Gasteiger partial charge on any atom is 0.0580 e. The maximum atomic E-state index is 9.89. The lowest BCUT2D eigenvalue weighted by Crippen LogP contribution is -2.42. The Hall–Kier alpha value is -0.0800. The summed E-state index contributed by atoms with van der Waals surface area (Å²) in [5, 5.41) is 9.89. The van der Waals surface area contributed by atoms with Gasteiger partial charge in [0.25, 0.3) is 0 Å². The predicted octanol–water partition coefficient (Wildman–Crippen LogP) is 3.05. The number of rotatable bonds is 4. The van der Waals surface area contributed by atoms with Crippen molar-refractivity contribution in [3.8, 4) is 0 Å². The quantitative estimate of drug-likeness (QED) is 0.815. The first-order valence-electron chi connectivity index (χ1n) is 7.59. The summed E-state index contributed by atoms with van der Waals surface area (Å²) >= 11 is 0. The third-order valence-electron chi connectivity index (χ3n) is 5.53. The van der Waals surface area contributed by atoms with Gasteiger partial charge in [0.15, 0.2) is 0 Å². The second-order valence-corrected chi connectivity index (χ2v) is 6.27. The van der Waals surface area contributed by atoms with Crippen molar-refractivity contribution in [1.29, 1.82) is 0 Å². The highest BCUT2D eigenvalue weighted by Crippen LogP contribution is 2.38. The number of hydrogen-bond acceptors (Lipinski definition) is 2. The molecule has 2 rings (SSSR count). The Kier molecular flexibility index (Phi) is 4.48. The molecule has 1 aliphatic heterocycles. The van der Waals surface area contributed by atoms with Gasteiger partial charge in [0.2, 0.25) is 0 Å². The van der Waals surface area contributed by atoms with E-state index in [1.54, 1.807) is 0 Å². The Balaban J connectivity index is 1.79. The smallest absolute Gasteiger partial charge is 0.0580 e. The third-order valence-corrected chi connectivity index (χ3v) is 5.53. The van der Waals surface area contributed by atoms with E-state index in [0.29, 0.717) is 11.3 Å². The molecule has 0 aromatic heterocycles. The van der Waals surface area contributed by atoms with E-state index in [9.17, 15) is 5.11 Å². The molecule has 0 bridgehead atoms. The van der Waals surface area contributed by atoms with E-state index >= 15 is 0 Å². The van der Waals surface area contributed by atoms with Gasteiger partial charge >= 0.3 is 0 Å². The van der Waals surface area contributed by atoms with Gasteiger partial charge in [0.05, 0.1) is 6.10 Å². The molecule has 2 unspecified atom stereocenters. The molecule has 1 N–H and O–H groups in total. The molecule has 2 aliphatic rings. The molecule has 1 heterocycles. The number of nitrogens with zero attached hydrogens (tertiary/aromatic N) is 1. The van der Waals surface area contributed by atoms with E-state index in [1.807, 2.05) is 0 Å². The second-order valence-electron chi connectivity index (χ2n) is 6.27. The molecular formula is C15H29NO. The molecule has 17 heavy (non-hydrogen) atoms. The molecule has 100 valence electrons. The standard InChI is InChI=1S/C15H29NO/c1-3-15(4-2)8-10-16(11-9-15)12-13-6-5-7-14(13)17/h13-14,17H,3-12H2,1-2H3. The molecule has 0 aromatic rings. The van der Waals surface area contributed by atoms with Gasteiger partial charge in [-0.25, -0.2) is 0 Å². The zero-order valence-corrected chi connectivity index (χ0v) is 11.6. The van der Waals surface area contributed by atoms with Crippen molar-refractivity contribution in [3.05, 3.63) is 0 Å². The van der Waals surface area contributed by atoms with Gasteiger partial charge in [-0.1, -0.05) is 33.1 Å². The van der Waals surface area contributed by atoms with Crippen molar-refractivity contribution in [2.75, 3.05) is 19.6 Å². The molecule has 0 aromatic carbocycles. The number of hydrogen-bond donors (Lipinski definition) is 1. The van der Waals surface area contributed by atoms with Crippen LogP contribution in [0.3, 0.4) is 0 Å². The van der Waals surface area contributed by atoms with Crippen LogP contribution in [-0.4, -0.2) is 35.7 Å². The monoisotopic (exact) mass is 239 g/mol. The Morgan fingerprint density at radius 3 is 2.24 bits per heavy atom. The predicted molar refractivity (Wildman–Crippen MR) is 72.0 cm³/mol.